The van der Waals surface area contributed by atoms with E-state index >= 15 is 0 Å². The van der Waals surface area contributed by atoms with Gasteiger partial charge in [0.25, 0.3) is 5.91 Å². The molecule has 0 aromatic heterocycles. The van der Waals surface area contributed by atoms with Crippen molar-refractivity contribution in [1.29, 1.82) is 0 Å². The largest absolute Gasteiger partial charge is 0.444 e. The average molecular weight is 346 g/mol. The fraction of sp³-hybridized carbons (Fsp3) is 0.526. The Morgan fingerprint density at radius 1 is 1.20 bits per heavy atom. The lowest BCUT2D eigenvalue weighted by molar-refractivity contribution is -0.138. The Hall–Kier alpha value is -2.37. The van der Waals surface area contributed by atoms with E-state index in [0.29, 0.717) is 18.5 Å². The summed E-state index contributed by atoms with van der Waals surface area (Å²) in [7, 11) is 0. The van der Waals surface area contributed by atoms with Crippen molar-refractivity contribution in [3.05, 3.63) is 35.9 Å². The normalized spacial score (nSPS) is 18.6. The Morgan fingerprint density at radius 3 is 2.40 bits per heavy atom. The number of Topliss-reactive ketones (excluding diaryl/α,β-unsaturated/α-hetero) is 1. The molecule has 2 atom stereocenters. The van der Waals surface area contributed by atoms with Gasteiger partial charge >= 0.3 is 6.09 Å². The summed E-state index contributed by atoms with van der Waals surface area (Å²) in [4.78, 5) is 38.7. The number of hydrogen-bond acceptors (Lipinski definition) is 4. The number of ketones is 1. The van der Waals surface area contributed by atoms with Crippen LogP contribution in [0.4, 0.5) is 4.79 Å². The Morgan fingerprint density at radius 2 is 1.84 bits per heavy atom. The van der Waals surface area contributed by atoms with E-state index in [-0.39, 0.29) is 11.7 Å². The topological polar surface area (TPSA) is 75.7 Å². The maximum Gasteiger partial charge on any atom is 0.408 e. The first-order valence-electron chi connectivity index (χ1n) is 8.54. The molecular formula is C19H26N2O4. The number of carbonyl (C=O) groups excluding carboxylic acids is 3. The van der Waals surface area contributed by atoms with Crippen molar-refractivity contribution >= 4 is 17.8 Å². The number of nitrogens with zero attached hydrogens (tertiary/aromatic N) is 1. The van der Waals surface area contributed by atoms with E-state index in [9.17, 15) is 14.4 Å². The molecular weight excluding hydrogens is 320 g/mol. The predicted molar refractivity (Wildman–Crippen MR) is 94.0 cm³/mol. The van der Waals surface area contributed by atoms with Crippen molar-refractivity contribution in [2.45, 2.75) is 58.2 Å². The Labute approximate surface area is 148 Å². The molecule has 1 aliphatic rings. The van der Waals surface area contributed by atoms with E-state index in [4.69, 9.17) is 4.74 Å². The Bertz CT molecular complexity index is 637. The minimum absolute atomic E-state index is 0.0325. The lowest BCUT2D eigenvalue weighted by atomic mass is 10.0. The fourth-order valence-electron chi connectivity index (χ4n) is 2.98. The molecule has 0 unspecified atom stereocenters. The van der Waals surface area contributed by atoms with Gasteiger partial charge in [-0.1, -0.05) is 30.3 Å². The van der Waals surface area contributed by atoms with Gasteiger partial charge in [-0.2, -0.15) is 0 Å². The van der Waals surface area contributed by atoms with Crippen LogP contribution in [0, 0.1) is 0 Å². The third-order valence-corrected chi connectivity index (χ3v) is 4.05. The second-order valence-electron chi connectivity index (χ2n) is 7.29. The zero-order chi connectivity index (χ0) is 18.6. The van der Waals surface area contributed by atoms with Gasteiger partial charge in [0.1, 0.15) is 11.6 Å². The molecule has 1 fully saturated rings. The minimum atomic E-state index is -0.879. The molecule has 6 nitrogen and oxygen atoms in total. The highest BCUT2D eigenvalue weighted by atomic mass is 16.6. The molecule has 0 saturated carbocycles. The minimum Gasteiger partial charge on any atom is -0.444 e. The second-order valence-corrected chi connectivity index (χ2v) is 7.29. The molecule has 2 amide bonds. The zero-order valence-corrected chi connectivity index (χ0v) is 15.2. The summed E-state index contributed by atoms with van der Waals surface area (Å²) in [6, 6.07) is 7.71. The highest BCUT2D eigenvalue weighted by Gasteiger charge is 2.37. The number of hydrogen-bond donors (Lipinski definition) is 1. The monoisotopic (exact) mass is 346 g/mol. The lowest BCUT2D eigenvalue weighted by Gasteiger charge is -2.29. The number of benzene rings is 1. The third-order valence-electron chi connectivity index (χ3n) is 4.05. The van der Waals surface area contributed by atoms with Crippen LogP contribution in [0.3, 0.4) is 0 Å². The summed E-state index contributed by atoms with van der Waals surface area (Å²) in [5.41, 5.74) is -0.00299. The zero-order valence-electron chi connectivity index (χ0n) is 15.2. The molecule has 1 aliphatic heterocycles. The van der Waals surface area contributed by atoms with E-state index in [1.807, 2.05) is 6.07 Å². The average Bonchev–Trinajstić information content (AvgIpc) is 3.01. The molecule has 6 heteroatoms. The summed E-state index contributed by atoms with van der Waals surface area (Å²) in [6.45, 7) is 7.30. The first-order valence-corrected chi connectivity index (χ1v) is 8.54. The molecule has 1 heterocycles. The van der Waals surface area contributed by atoms with E-state index in [2.05, 4.69) is 5.32 Å². The molecule has 0 spiro atoms. The second kappa shape index (κ2) is 7.68. The molecule has 1 N–H and O–H groups in total. The highest BCUT2D eigenvalue weighted by molar-refractivity contribution is 5.92. The third kappa shape index (κ3) is 5.05. The molecule has 1 aromatic carbocycles. The van der Waals surface area contributed by atoms with Crippen LogP contribution in [0.2, 0.25) is 0 Å². The van der Waals surface area contributed by atoms with Crippen molar-refractivity contribution in [1.82, 2.24) is 10.2 Å². The smallest absolute Gasteiger partial charge is 0.408 e. The predicted octanol–water partition coefficient (Wildman–Crippen LogP) is 2.83. The lowest BCUT2D eigenvalue weighted by Crippen LogP contribution is -2.47. The van der Waals surface area contributed by atoms with Crippen LogP contribution in [-0.4, -0.2) is 40.9 Å². The van der Waals surface area contributed by atoms with Gasteiger partial charge in [0, 0.05) is 6.54 Å². The van der Waals surface area contributed by atoms with Gasteiger partial charge in [-0.25, -0.2) is 4.79 Å². The van der Waals surface area contributed by atoms with Crippen LogP contribution < -0.4 is 5.32 Å². The highest BCUT2D eigenvalue weighted by Crippen LogP contribution is 2.24. The van der Waals surface area contributed by atoms with Crippen molar-refractivity contribution < 1.29 is 19.1 Å². The molecule has 25 heavy (non-hydrogen) atoms. The van der Waals surface area contributed by atoms with Crippen LogP contribution in [-0.2, 0) is 14.3 Å². The van der Waals surface area contributed by atoms with Crippen molar-refractivity contribution in [3.63, 3.8) is 0 Å². The maximum atomic E-state index is 13.1. The number of likely N-dealkylation sites (tertiary alicyclic amines) is 1. The van der Waals surface area contributed by atoms with E-state index in [0.717, 1.165) is 6.42 Å². The quantitative estimate of drug-likeness (QED) is 0.909. The molecule has 1 saturated heterocycles. The number of ether oxygens (including phenoxy) is 1. The number of rotatable bonds is 4. The standard InChI is InChI=1S/C19H26N2O4/c1-13(22)15-11-8-12-21(15)17(23)16(14-9-6-5-7-10-14)20-18(24)25-19(2,3)4/h5-7,9-10,15-16H,8,11-12H2,1-4H3,(H,20,24)/t15-,16+/m0/s1. The first-order chi connectivity index (χ1) is 11.7. The van der Waals surface area contributed by atoms with Crippen molar-refractivity contribution in [2.75, 3.05) is 6.54 Å². The van der Waals surface area contributed by atoms with Gasteiger partial charge < -0.3 is 15.0 Å². The fourth-order valence-corrected chi connectivity index (χ4v) is 2.98. The maximum absolute atomic E-state index is 13.1. The molecule has 136 valence electrons. The van der Waals surface area contributed by atoms with Gasteiger partial charge in [0.05, 0.1) is 6.04 Å². The van der Waals surface area contributed by atoms with Crippen molar-refractivity contribution in [2.24, 2.45) is 0 Å². The molecule has 0 bridgehead atoms. The number of carbonyl (C=O) groups is 3. The summed E-state index contributed by atoms with van der Waals surface area (Å²) in [6.07, 6.45) is 0.784. The van der Waals surface area contributed by atoms with Crippen LogP contribution in [0.25, 0.3) is 0 Å². The van der Waals surface area contributed by atoms with Crippen LogP contribution in [0.15, 0.2) is 30.3 Å². The number of alkyl carbamates (subject to hydrolysis) is 1. The number of nitrogens with one attached hydrogen (secondary N) is 1. The molecule has 2 rings (SSSR count). The number of amides is 2. The van der Waals surface area contributed by atoms with Crippen molar-refractivity contribution in [3.8, 4) is 0 Å². The SMILES string of the molecule is CC(=O)[C@@H]1CCCN1C(=O)[C@H](NC(=O)OC(C)(C)C)c1ccccc1. The van der Waals surface area contributed by atoms with Gasteiger partial charge in [-0.3, -0.25) is 9.59 Å². The van der Waals surface area contributed by atoms with E-state index in [1.54, 1.807) is 49.9 Å². The van der Waals surface area contributed by atoms with E-state index < -0.39 is 23.8 Å². The molecule has 0 aliphatic carbocycles. The van der Waals surface area contributed by atoms with Gasteiger partial charge in [-0.05, 0) is 46.1 Å². The van der Waals surface area contributed by atoms with Gasteiger partial charge in [0.2, 0.25) is 0 Å². The van der Waals surface area contributed by atoms with Crippen LogP contribution in [0.1, 0.15) is 52.1 Å². The first kappa shape index (κ1) is 19.0. The van der Waals surface area contributed by atoms with Crippen LogP contribution in [0.5, 0.6) is 0 Å². The van der Waals surface area contributed by atoms with Crippen LogP contribution >= 0.6 is 0 Å². The van der Waals surface area contributed by atoms with E-state index in [1.165, 1.54) is 6.92 Å². The molecule has 0 radical (unpaired) electrons. The van der Waals surface area contributed by atoms with Gasteiger partial charge in [0.15, 0.2) is 5.78 Å². The summed E-state index contributed by atoms with van der Waals surface area (Å²) in [5.74, 6) is -0.315. The Kier molecular flexibility index (Phi) is 5.82. The van der Waals surface area contributed by atoms with Gasteiger partial charge in [-0.15, -0.1) is 0 Å². The summed E-state index contributed by atoms with van der Waals surface area (Å²) in [5, 5.41) is 2.66. The summed E-state index contributed by atoms with van der Waals surface area (Å²) >= 11 is 0. The summed E-state index contributed by atoms with van der Waals surface area (Å²) < 4.78 is 5.29. The Balaban J connectivity index is 2.24. The molecule has 1 aromatic rings.